The van der Waals surface area contributed by atoms with Crippen molar-refractivity contribution < 1.29 is 17.9 Å². The van der Waals surface area contributed by atoms with E-state index in [1.165, 1.54) is 12.4 Å². The SMILES string of the molecule is COc1ccc(C2=C3C=CC=[N+]3[B-](F)(F)n3cccc32)c(Br)c1. The van der Waals surface area contributed by atoms with Crippen LogP contribution in [0.2, 0.25) is 0 Å². The highest BCUT2D eigenvalue weighted by Crippen LogP contribution is 2.41. The monoisotopic (exact) mass is 376 g/mol. The molecule has 0 bridgehead atoms. The summed E-state index contributed by atoms with van der Waals surface area (Å²) in [4.78, 5) is 0. The zero-order valence-electron chi connectivity index (χ0n) is 12.2. The molecule has 1 aromatic heterocycles. The minimum Gasteiger partial charge on any atom is -0.497 e. The van der Waals surface area contributed by atoms with Gasteiger partial charge >= 0.3 is 6.97 Å². The van der Waals surface area contributed by atoms with Crippen LogP contribution in [0.4, 0.5) is 8.63 Å². The second-order valence-electron chi connectivity index (χ2n) is 5.41. The van der Waals surface area contributed by atoms with E-state index in [0.29, 0.717) is 17.1 Å². The average Bonchev–Trinajstić information content (AvgIpc) is 3.18. The summed E-state index contributed by atoms with van der Waals surface area (Å²) in [6.45, 7) is -3.86. The number of aromatic nitrogens is 1. The van der Waals surface area contributed by atoms with Crippen molar-refractivity contribution in [3.8, 4) is 5.75 Å². The number of hydrogen-bond donors (Lipinski definition) is 0. The lowest BCUT2D eigenvalue weighted by Gasteiger charge is -2.31. The zero-order valence-corrected chi connectivity index (χ0v) is 13.8. The Morgan fingerprint density at radius 2 is 2.09 bits per heavy atom. The third-order valence-corrected chi connectivity index (χ3v) is 4.84. The van der Waals surface area contributed by atoms with E-state index in [4.69, 9.17) is 4.74 Å². The molecule has 0 saturated heterocycles. The van der Waals surface area contributed by atoms with Crippen LogP contribution in [0.1, 0.15) is 11.3 Å². The average molecular weight is 377 g/mol. The first-order chi connectivity index (χ1) is 11.0. The summed E-state index contributed by atoms with van der Waals surface area (Å²) >= 11 is 3.53. The molecule has 2 aliphatic rings. The Kier molecular flexibility index (Phi) is 3.09. The van der Waals surface area contributed by atoms with E-state index in [1.54, 1.807) is 31.4 Å². The van der Waals surface area contributed by atoms with E-state index in [-0.39, 0.29) is 0 Å². The fourth-order valence-electron chi connectivity index (χ4n) is 3.12. The van der Waals surface area contributed by atoms with Crippen molar-refractivity contribution in [3.05, 3.63) is 70.1 Å². The van der Waals surface area contributed by atoms with Gasteiger partial charge in [0.15, 0.2) is 5.70 Å². The topological polar surface area (TPSA) is 17.2 Å². The number of benzene rings is 1. The molecule has 0 aliphatic carbocycles. The molecule has 3 nitrogen and oxygen atoms in total. The Morgan fingerprint density at radius 3 is 2.83 bits per heavy atom. The van der Waals surface area contributed by atoms with Crippen LogP contribution in [0, 0.1) is 0 Å². The van der Waals surface area contributed by atoms with Crippen LogP contribution in [-0.4, -0.2) is 29.3 Å². The second-order valence-corrected chi connectivity index (χ2v) is 6.26. The normalized spacial score (nSPS) is 17.8. The van der Waals surface area contributed by atoms with Crippen LogP contribution in [0.5, 0.6) is 5.75 Å². The standard InChI is InChI=1S/C16H12BBrF2N2O/c1-23-11-6-7-12(13(18)10-11)16-14-4-2-8-21(14)17(19,20)22-9-3-5-15(16)22/h2-10H,1H3. The maximum Gasteiger partial charge on any atom is 0.737 e. The molecule has 3 heterocycles. The molecule has 0 amide bonds. The molecule has 4 rings (SSSR count). The molecule has 0 unspecified atom stereocenters. The molecule has 116 valence electrons. The first kappa shape index (κ1) is 14.4. The highest BCUT2D eigenvalue weighted by Gasteiger charge is 2.51. The van der Waals surface area contributed by atoms with Crippen molar-refractivity contribution in [1.29, 1.82) is 0 Å². The molecular weight excluding hydrogens is 365 g/mol. The van der Waals surface area contributed by atoms with Crippen molar-refractivity contribution in [3.63, 3.8) is 0 Å². The highest BCUT2D eigenvalue weighted by molar-refractivity contribution is 9.10. The Labute approximate surface area is 140 Å². The van der Waals surface area contributed by atoms with Gasteiger partial charge in [-0.2, -0.15) is 0 Å². The van der Waals surface area contributed by atoms with Crippen molar-refractivity contribution in [2.24, 2.45) is 0 Å². The van der Waals surface area contributed by atoms with Gasteiger partial charge in [-0.3, -0.25) is 0 Å². The van der Waals surface area contributed by atoms with Gasteiger partial charge in [-0.25, -0.2) is 0 Å². The van der Waals surface area contributed by atoms with Gasteiger partial charge in [0, 0.05) is 27.9 Å². The summed E-state index contributed by atoms with van der Waals surface area (Å²) < 4.78 is 37.5. The van der Waals surface area contributed by atoms with Crippen molar-refractivity contribution in [2.45, 2.75) is 0 Å². The molecule has 0 spiro atoms. The van der Waals surface area contributed by atoms with Crippen LogP contribution in [-0.2, 0) is 0 Å². The number of nitrogens with zero attached hydrogens (tertiary/aromatic N) is 2. The molecule has 2 aliphatic heterocycles. The first-order valence-electron chi connectivity index (χ1n) is 7.12. The lowest BCUT2D eigenvalue weighted by molar-refractivity contribution is -0.356. The molecule has 0 atom stereocenters. The predicted octanol–water partition coefficient (Wildman–Crippen LogP) is 3.91. The van der Waals surface area contributed by atoms with Gasteiger partial charge < -0.3 is 22.3 Å². The van der Waals surface area contributed by atoms with E-state index in [2.05, 4.69) is 15.9 Å². The number of rotatable bonds is 2. The summed E-state index contributed by atoms with van der Waals surface area (Å²) in [6, 6.07) is 8.91. The molecule has 2 aromatic rings. The van der Waals surface area contributed by atoms with Gasteiger partial charge in [0.25, 0.3) is 0 Å². The summed E-state index contributed by atoms with van der Waals surface area (Å²) in [6.07, 6.45) is 6.22. The smallest absolute Gasteiger partial charge is 0.497 e. The molecule has 0 N–H and O–H groups in total. The van der Waals surface area contributed by atoms with Crippen LogP contribution in [0.3, 0.4) is 0 Å². The first-order valence-corrected chi connectivity index (χ1v) is 7.91. The zero-order chi connectivity index (χ0) is 16.2. The minimum absolute atomic E-state index is 0.507. The van der Waals surface area contributed by atoms with E-state index in [1.807, 2.05) is 18.2 Å². The fraction of sp³-hybridized carbons (Fsp3) is 0.0625. The number of hydrogen-bond acceptors (Lipinski definition) is 1. The maximum absolute atomic E-state index is 14.7. The summed E-state index contributed by atoms with van der Waals surface area (Å²) in [5.41, 5.74) is 2.62. The van der Waals surface area contributed by atoms with E-state index < -0.39 is 6.97 Å². The summed E-state index contributed by atoms with van der Waals surface area (Å²) in [5.74, 6) is 0.706. The molecule has 0 radical (unpaired) electrons. The van der Waals surface area contributed by atoms with Gasteiger partial charge in [0.1, 0.15) is 12.0 Å². The van der Waals surface area contributed by atoms with Crippen LogP contribution in [0.15, 0.2) is 58.9 Å². The van der Waals surface area contributed by atoms with E-state index in [0.717, 1.165) is 24.6 Å². The van der Waals surface area contributed by atoms with Crippen molar-refractivity contribution in [1.82, 2.24) is 4.48 Å². The quantitative estimate of drug-likeness (QED) is 0.726. The number of ether oxygens (including phenoxy) is 1. The lowest BCUT2D eigenvalue weighted by Crippen LogP contribution is -2.49. The molecule has 0 fully saturated rings. The highest BCUT2D eigenvalue weighted by atomic mass is 79.9. The Bertz CT molecular complexity index is 915. The van der Waals surface area contributed by atoms with Crippen LogP contribution in [0.25, 0.3) is 5.57 Å². The number of allylic oxidation sites excluding steroid dienone is 2. The molecular formula is C16H12BBrF2N2O. The van der Waals surface area contributed by atoms with Gasteiger partial charge in [0.05, 0.1) is 12.7 Å². The van der Waals surface area contributed by atoms with Crippen molar-refractivity contribution in [2.75, 3.05) is 7.11 Å². The van der Waals surface area contributed by atoms with Crippen LogP contribution < -0.4 is 4.74 Å². The summed E-state index contributed by atoms with van der Waals surface area (Å²) in [7, 11) is 1.59. The van der Waals surface area contributed by atoms with E-state index >= 15 is 0 Å². The minimum atomic E-state index is -3.86. The third-order valence-electron chi connectivity index (χ3n) is 4.19. The Hall–Kier alpha value is -2.15. The molecule has 23 heavy (non-hydrogen) atoms. The van der Waals surface area contributed by atoms with Crippen molar-refractivity contribution >= 4 is 34.7 Å². The van der Waals surface area contributed by atoms with E-state index in [9.17, 15) is 8.63 Å². The molecule has 0 saturated carbocycles. The third kappa shape index (κ3) is 1.96. The Morgan fingerprint density at radius 1 is 1.26 bits per heavy atom. The lowest BCUT2D eigenvalue weighted by atomic mass is 9.86. The maximum atomic E-state index is 14.7. The number of fused-ring (bicyclic) bond motifs is 2. The van der Waals surface area contributed by atoms with Gasteiger partial charge in [-0.1, -0.05) is 15.9 Å². The van der Waals surface area contributed by atoms with Gasteiger partial charge in [-0.15, -0.1) is 0 Å². The molecule has 7 heteroatoms. The number of halogens is 3. The number of methoxy groups -OCH3 is 1. The van der Waals surface area contributed by atoms with Gasteiger partial charge in [0.2, 0.25) is 0 Å². The van der Waals surface area contributed by atoms with Crippen LogP contribution >= 0.6 is 15.9 Å². The van der Waals surface area contributed by atoms with Gasteiger partial charge in [-0.05, 0) is 36.5 Å². The summed E-state index contributed by atoms with van der Waals surface area (Å²) in [5, 5.41) is 0. The predicted molar refractivity (Wildman–Crippen MR) is 90.0 cm³/mol. The second kappa shape index (κ2) is 4.93. The molecule has 1 aromatic carbocycles. The largest absolute Gasteiger partial charge is 0.737 e. The Balaban J connectivity index is 2.02. The fourth-order valence-corrected chi connectivity index (χ4v) is 3.68.